The van der Waals surface area contributed by atoms with Gasteiger partial charge in [0.25, 0.3) is 0 Å². The third-order valence-electron chi connectivity index (χ3n) is 3.09. The molecule has 18 heavy (non-hydrogen) atoms. The van der Waals surface area contributed by atoms with Gasteiger partial charge < -0.3 is 20.7 Å². The van der Waals surface area contributed by atoms with Crippen LogP contribution in [0.4, 0.5) is 0 Å². The lowest BCUT2D eigenvalue weighted by molar-refractivity contribution is -0.148. The van der Waals surface area contributed by atoms with E-state index >= 15 is 0 Å². The Morgan fingerprint density at radius 2 is 2.28 bits per heavy atom. The minimum atomic E-state index is -0.523. The molecule has 2 unspecified atom stereocenters. The second kappa shape index (κ2) is 7.33. The summed E-state index contributed by atoms with van der Waals surface area (Å²) in [5.74, 6) is -0.250. The zero-order valence-corrected chi connectivity index (χ0v) is 11.1. The third-order valence-corrected chi connectivity index (χ3v) is 3.09. The van der Waals surface area contributed by atoms with Crippen LogP contribution < -0.4 is 11.1 Å². The van der Waals surface area contributed by atoms with Gasteiger partial charge in [-0.1, -0.05) is 13.3 Å². The molecule has 104 valence electrons. The summed E-state index contributed by atoms with van der Waals surface area (Å²) in [4.78, 5) is 25.4. The van der Waals surface area contributed by atoms with Crippen LogP contribution in [0.15, 0.2) is 0 Å². The number of nitrogens with two attached hydrogens (primary N) is 1. The smallest absolute Gasteiger partial charge is 0.244 e. The first-order valence-corrected chi connectivity index (χ1v) is 6.44. The van der Waals surface area contributed by atoms with Gasteiger partial charge in [0.2, 0.25) is 11.8 Å². The van der Waals surface area contributed by atoms with E-state index < -0.39 is 6.04 Å². The Hall–Kier alpha value is -1.14. The highest BCUT2D eigenvalue weighted by Gasteiger charge is 2.32. The van der Waals surface area contributed by atoms with E-state index in [0.717, 1.165) is 12.8 Å². The highest BCUT2D eigenvalue weighted by Crippen LogP contribution is 2.11. The molecule has 2 atom stereocenters. The number of morpholine rings is 1. The molecule has 1 aliphatic heterocycles. The number of carbonyl (C=O) groups excluding carboxylic acids is 2. The molecule has 2 amide bonds. The molecule has 0 aliphatic carbocycles. The Kier molecular flexibility index (Phi) is 6.07. The topological polar surface area (TPSA) is 84.7 Å². The van der Waals surface area contributed by atoms with Crippen molar-refractivity contribution in [1.82, 2.24) is 10.2 Å². The number of carbonyl (C=O) groups is 2. The minimum absolute atomic E-state index is 0.0622. The molecule has 0 saturated carbocycles. The Bertz CT molecular complexity index is 296. The summed E-state index contributed by atoms with van der Waals surface area (Å²) >= 11 is 0. The summed E-state index contributed by atoms with van der Waals surface area (Å²) in [5, 5.41) is 2.55. The van der Waals surface area contributed by atoms with E-state index in [9.17, 15) is 9.59 Å². The van der Waals surface area contributed by atoms with Crippen molar-refractivity contribution in [3.05, 3.63) is 0 Å². The van der Waals surface area contributed by atoms with Crippen molar-refractivity contribution < 1.29 is 14.3 Å². The van der Waals surface area contributed by atoms with E-state index in [2.05, 4.69) is 5.32 Å². The van der Waals surface area contributed by atoms with Crippen LogP contribution in [0.3, 0.4) is 0 Å². The molecule has 0 aromatic rings. The van der Waals surface area contributed by atoms with Gasteiger partial charge in [0.15, 0.2) is 0 Å². The van der Waals surface area contributed by atoms with E-state index in [1.807, 2.05) is 6.92 Å². The zero-order chi connectivity index (χ0) is 13.5. The first-order chi connectivity index (χ1) is 8.60. The molecule has 1 rings (SSSR count). The fraction of sp³-hybridized carbons (Fsp3) is 0.833. The minimum Gasteiger partial charge on any atom is -0.377 e. The molecule has 0 radical (unpaired) electrons. The number of ether oxygens (including phenoxy) is 1. The van der Waals surface area contributed by atoms with Crippen LogP contribution in [0, 0.1) is 0 Å². The monoisotopic (exact) mass is 257 g/mol. The SMILES string of the molecule is CCCC(N)CC(=O)N1CCOCC1C(=O)NC. The Labute approximate surface area is 108 Å². The number of likely N-dealkylation sites (N-methyl/N-ethyl adjacent to an activating group) is 1. The lowest BCUT2D eigenvalue weighted by Gasteiger charge is -2.34. The summed E-state index contributed by atoms with van der Waals surface area (Å²) in [7, 11) is 1.56. The number of amides is 2. The average Bonchev–Trinajstić information content (AvgIpc) is 2.38. The van der Waals surface area contributed by atoms with Crippen LogP contribution in [0.5, 0.6) is 0 Å². The van der Waals surface area contributed by atoms with E-state index in [1.54, 1.807) is 11.9 Å². The van der Waals surface area contributed by atoms with Crippen molar-refractivity contribution >= 4 is 11.8 Å². The van der Waals surface area contributed by atoms with Gasteiger partial charge in [0.05, 0.1) is 13.2 Å². The highest BCUT2D eigenvalue weighted by molar-refractivity contribution is 5.88. The number of hydrogen-bond acceptors (Lipinski definition) is 4. The van der Waals surface area contributed by atoms with Gasteiger partial charge in [-0.05, 0) is 6.42 Å². The summed E-state index contributed by atoms with van der Waals surface area (Å²) < 4.78 is 5.25. The lowest BCUT2D eigenvalue weighted by Crippen LogP contribution is -2.56. The number of rotatable bonds is 5. The van der Waals surface area contributed by atoms with Crippen LogP contribution in [-0.2, 0) is 14.3 Å². The molecule has 1 saturated heterocycles. The van der Waals surface area contributed by atoms with Crippen LogP contribution in [-0.4, -0.2) is 55.6 Å². The van der Waals surface area contributed by atoms with Gasteiger partial charge in [-0.25, -0.2) is 0 Å². The fourth-order valence-corrected chi connectivity index (χ4v) is 2.10. The van der Waals surface area contributed by atoms with Crippen LogP contribution in [0.25, 0.3) is 0 Å². The van der Waals surface area contributed by atoms with Gasteiger partial charge in [0, 0.05) is 26.1 Å². The molecular formula is C12H23N3O3. The van der Waals surface area contributed by atoms with E-state index in [4.69, 9.17) is 10.5 Å². The average molecular weight is 257 g/mol. The summed E-state index contributed by atoms with van der Waals surface area (Å²) in [5.41, 5.74) is 5.87. The van der Waals surface area contributed by atoms with E-state index in [-0.39, 0.29) is 24.5 Å². The molecule has 0 spiro atoms. The molecule has 1 aliphatic rings. The second-order valence-electron chi connectivity index (χ2n) is 4.54. The number of hydrogen-bond donors (Lipinski definition) is 2. The van der Waals surface area contributed by atoms with Crippen LogP contribution >= 0.6 is 0 Å². The van der Waals surface area contributed by atoms with Crippen molar-refractivity contribution in [2.75, 3.05) is 26.8 Å². The zero-order valence-electron chi connectivity index (χ0n) is 11.1. The number of nitrogens with zero attached hydrogens (tertiary/aromatic N) is 1. The maximum atomic E-state index is 12.1. The molecule has 6 nitrogen and oxygen atoms in total. The van der Waals surface area contributed by atoms with Crippen molar-refractivity contribution in [1.29, 1.82) is 0 Å². The van der Waals surface area contributed by atoms with Crippen LogP contribution in [0.2, 0.25) is 0 Å². The Morgan fingerprint density at radius 3 is 2.89 bits per heavy atom. The molecule has 1 heterocycles. The summed E-state index contributed by atoms with van der Waals surface area (Å²) in [6.45, 7) is 3.22. The molecule has 0 aromatic carbocycles. The quantitative estimate of drug-likeness (QED) is 0.694. The largest absolute Gasteiger partial charge is 0.377 e. The molecule has 1 fully saturated rings. The van der Waals surface area contributed by atoms with Crippen molar-refractivity contribution in [3.63, 3.8) is 0 Å². The molecule has 3 N–H and O–H groups in total. The molecular weight excluding hydrogens is 234 g/mol. The third kappa shape index (κ3) is 3.96. The lowest BCUT2D eigenvalue weighted by atomic mass is 10.1. The standard InChI is InChI=1S/C12H23N3O3/c1-3-4-9(13)7-11(16)15-5-6-18-8-10(15)12(17)14-2/h9-10H,3-8,13H2,1-2H3,(H,14,17). The normalized spacial score (nSPS) is 21.5. The first-order valence-electron chi connectivity index (χ1n) is 6.44. The van der Waals surface area contributed by atoms with Gasteiger partial charge in [-0.3, -0.25) is 9.59 Å². The van der Waals surface area contributed by atoms with Gasteiger partial charge in [0.1, 0.15) is 6.04 Å². The summed E-state index contributed by atoms with van der Waals surface area (Å²) in [6, 6.07) is -0.652. The molecule has 6 heteroatoms. The number of nitrogens with one attached hydrogen (secondary N) is 1. The van der Waals surface area contributed by atoms with Crippen molar-refractivity contribution in [3.8, 4) is 0 Å². The van der Waals surface area contributed by atoms with E-state index in [1.165, 1.54) is 0 Å². The first kappa shape index (κ1) is 14.9. The Morgan fingerprint density at radius 1 is 1.56 bits per heavy atom. The second-order valence-corrected chi connectivity index (χ2v) is 4.54. The Balaban J connectivity index is 2.59. The fourth-order valence-electron chi connectivity index (χ4n) is 2.10. The molecule has 0 bridgehead atoms. The van der Waals surface area contributed by atoms with E-state index in [0.29, 0.717) is 19.6 Å². The predicted octanol–water partition coefficient (Wildman–Crippen LogP) is -0.523. The summed E-state index contributed by atoms with van der Waals surface area (Å²) in [6.07, 6.45) is 2.07. The maximum Gasteiger partial charge on any atom is 0.244 e. The van der Waals surface area contributed by atoms with Gasteiger partial charge >= 0.3 is 0 Å². The maximum absolute atomic E-state index is 12.1. The predicted molar refractivity (Wildman–Crippen MR) is 67.9 cm³/mol. The van der Waals surface area contributed by atoms with Gasteiger partial charge in [-0.15, -0.1) is 0 Å². The molecule has 0 aromatic heterocycles. The van der Waals surface area contributed by atoms with Crippen LogP contribution in [0.1, 0.15) is 26.2 Å². The van der Waals surface area contributed by atoms with Crippen molar-refractivity contribution in [2.24, 2.45) is 5.73 Å². The van der Waals surface area contributed by atoms with Gasteiger partial charge in [-0.2, -0.15) is 0 Å². The van der Waals surface area contributed by atoms with Crippen molar-refractivity contribution in [2.45, 2.75) is 38.3 Å². The highest BCUT2D eigenvalue weighted by atomic mass is 16.5.